The zero-order valence-corrected chi connectivity index (χ0v) is 17.1. The summed E-state index contributed by atoms with van der Waals surface area (Å²) in [5.41, 5.74) is 1.81. The van der Waals surface area contributed by atoms with Crippen LogP contribution in [0.1, 0.15) is 30.6 Å². The zero-order valence-electron chi connectivity index (χ0n) is 16.2. The molecule has 3 rings (SSSR count). The van der Waals surface area contributed by atoms with Crippen LogP contribution in [0.2, 0.25) is 0 Å². The maximum atomic E-state index is 12.7. The molecule has 0 saturated carbocycles. The molecule has 2 heterocycles. The van der Waals surface area contributed by atoms with Gasteiger partial charge in [0.2, 0.25) is 5.09 Å². The number of carbonyl (C=O) groups excluding carboxylic acids is 1. The van der Waals surface area contributed by atoms with Gasteiger partial charge < -0.3 is 19.8 Å². The Bertz CT molecular complexity index is 962. The minimum Gasteiger partial charge on any atom is -0.495 e. The average Bonchev–Trinajstić information content (AvgIpc) is 3.05. The molecule has 152 valence electrons. The molecule has 1 saturated heterocycles. The molecule has 1 aromatic heterocycles. The number of amides is 2. The molecule has 0 radical (unpaired) electrons. The van der Waals surface area contributed by atoms with Crippen LogP contribution in [0.5, 0.6) is 5.75 Å². The number of ether oxygens (including phenoxy) is 1. The molecule has 1 aromatic carbocycles. The van der Waals surface area contributed by atoms with E-state index in [9.17, 15) is 13.2 Å². The molecule has 0 atom stereocenters. The third-order valence-electron chi connectivity index (χ3n) is 4.66. The Morgan fingerprint density at radius 1 is 1.07 bits per heavy atom. The molecular weight excluding hydrogens is 382 g/mol. The van der Waals surface area contributed by atoms with Gasteiger partial charge in [0.25, 0.3) is 10.0 Å². The average molecular weight is 407 g/mol. The SMILES string of the molecule is COc1cc(C)ccc1NC(=O)Nc1cc(S(=O)(=O)N2CCCCC2)oc1C. The number of furan rings is 1. The van der Waals surface area contributed by atoms with E-state index in [2.05, 4.69) is 10.6 Å². The Morgan fingerprint density at radius 3 is 2.43 bits per heavy atom. The van der Waals surface area contributed by atoms with Crippen molar-refractivity contribution in [1.82, 2.24) is 4.31 Å². The number of rotatable bonds is 5. The van der Waals surface area contributed by atoms with Gasteiger partial charge in [0.15, 0.2) is 0 Å². The fraction of sp³-hybridized carbons (Fsp3) is 0.421. The van der Waals surface area contributed by atoms with E-state index in [1.165, 1.54) is 17.5 Å². The third kappa shape index (κ3) is 4.31. The lowest BCUT2D eigenvalue weighted by molar-refractivity contribution is 0.262. The second-order valence-corrected chi connectivity index (χ2v) is 8.65. The van der Waals surface area contributed by atoms with Crippen LogP contribution in [0.15, 0.2) is 33.8 Å². The van der Waals surface area contributed by atoms with Crippen LogP contribution in [-0.2, 0) is 10.0 Å². The standard InChI is InChI=1S/C19H25N3O5S/c1-13-7-8-15(17(11-13)26-3)20-19(23)21-16-12-18(27-14(16)2)28(24,25)22-9-5-4-6-10-22/h7-8,11-12H,4-6,9-10H2,1-3H3,(H2,20,21,23). The van der Waals surface area contributed by atoms with Gasteiger partial charge in [0.05, 0.1) is 18.5 Å². The predicted octanol–water partition coefficient (Wildman–Crippen LogP) is 3.72. The van der Waals surface area contributed by atoms with Gasteiger partial charge in [-0.1, -0.05) is 12.5 Å². The Kier molecular flexibility index (Phi) is 5.95. The lowest BCUT2D eigenvalue weighted by Gasteiger charge is -2.24. The number of urea groups is 1. The van der Waals surface area contributed by atoms with Gasteiger partial charge >= 0.3 is 6.03 Å². The Morgan fingerprint density at radius 2 is 1.75 bits per heavy atom. The van der Waals surface area contributed by atoms with Crippen molar-refractivity contribution in [3.63, 3.8) is 0 Å². The van der Waals surface area contributed by atoms with Crippen LogP contribution in [-0.4, -0.2) is 39.0 Å². The van der Waals surface area contributed by atoms with Gasteiger partial charge in [0, 0.05) is 19.2 Å². The number of benzene rings is 1. The van der Waals surface area contributed by atoms with Crippen molar-refractivity contribution >= 4 is 27.4 Å². The van der Waals surface area contributed by atoms with E-state index in [0.29, 0.717) is 36.0 Å². The second kappa shape index (κ2) is 8.24. The zero-order chi connectivity index (χ0) is 20.3. The van der Waals surface area contributed by atoms with Gasteiger partial charge in [-0.3, -0.25) is 0 Å². The number of nitrogens with zero attached hydrogens (tertiary/aromatic N) is 1. The number of piperidine rings is 1. The van der Waals surface area contributed by atoms with E-state index in [-0.39, 0.29) is 5.09 Å². The van der Waals surface area contributed by atoms with Crippen LogP contribution in [0.3, 0.4) is 0 Å². The summed E-state index contributed by atoms with van der Waals surface area (Å²) < 4.78 is 37.6. The summed E-state index contributed by atoms with van der Waals surface area (Å²) >= 11 is 0. The number of anilines is 2. The summed E-state index contributed by atoms with van der Waals surface area (Å²) in [6, 6.07) is 6.23. The molecule has 2 amide bonds. The Balaban J connectivity index is 1.74. The van der Waals surface area contributed by atoms with Crippen LogP contribution in [0.4, 0.5) is 16.2 Å². The number of sulfonamides is 1. The van der Waals surface area contributed by atoms with Crippen LogP contribution < -0.4 is 15.4 Å². The fourth-order valence-electron chi connectivity index (χ4n) is 3.12. The van der Waals surface area contributed by atoms with Crippen molar-refractivity contribution in [2.75, 3.05) is 30.8 Å². The maximum absolute atomic E-state index is 12.7. The molecule has 9 heteroatoms. The van der Waals surface area contributed by atoms with Crippen molar-refractivity contribution in [3.05, 3.63) is 35.6 Å². The van der Waals surface area contributed by atoms with Crippen molar-refractivity contribution in [3.8, 4) is 5.75 Å². The first-order valence-electron chi connectivity index (χ1n) is 9.14. The van der Waals surface area contributed by atoms with E-state index < -0.39 is 16.1 Å². The fourth-order valence-corrected chi connectivity index (χ4v) is 4.61. The number of nitrogens with one attached hydrogen (secondary N) is 2. The number of methoxy groups -OCH3 is 1. The van der Waals surface area contributed by atoms with E-state index in [0.717, 1.165) is 24.8 Å². The highest BCUT2D eigenvalue weighted by Crippen LogP contribution is 2.29. The monoisotopic (exact) mass is 407 g/mol. The molecule has 1 fully saturated rings. The van der Waals surface area contributed by atoms with E-state index in [4.69, 9.17) is 9.15 Å². The summed E-state index contributed by atoms with van der Waals surface area (Å²) in [5, 5.41) is 5.18. The molecule has 0 aliphatic carbocycles. The molecule has 28 heavy (non-hydrogen) atoms. The maximum Gasteiger partial charge on any atom is 0.323 e. The van der Waals surface area contributed by atoms with Gasteiger partial charge in [-0.2, -0.15) is 4.31 Å². The van der Waals surface area contributed by atoms with E-state index >= 15 is 0 Å². The molecule has 0 unspecified atom stereocenters. The van der Waals surface area contributed by atoms with Crippen molar-refractivity contribution in [2.24, 2.45) is 0 Å². The number of hydrogen-bond acceptors (Lipinski definition) is 5. The Hall–Kier alpha value is -2.52. The van der Waals surface area contributed by atoms with Crippen molar-refractivity contribution < 1.29 is 22.4 Å². The topological polar surface area (TPSA) is 101 Å². The normalized spacial score (nSPS) is 15.2. The van der Waals surface area contributed by atoms with Crippen LogP contribution >= 0.6 is 0 Å². The smallest absolute Gasteiger partial charge is 0.323 e. The molecule has 1 aliphatic rings. The summed E-state index contributed by atoms with van der Waals surface area (Å²) in [4.78, 5) is 12.4. The number of carbonyl (C=O) groups is 1. The summed E-state index contributed by atoms with van der Waals surface area (Å²) in [5.74, 6) is 0.856. The molecular formula is C19H25N3O5S. The number of hydrogen-bond donors (Lipinski definition) is 2. The molecule has 1 aliphatic heterocycles. The highest BCUT2D eigenvalue weighted by Gasteiger charge is 2.30. The predicted molar refractivity (Wildman–Crippen MR) is 106 cm³/mol. The first kappa shape index (κ1) is 20.2. The Labute approximate surface area is 164 Å². The van der Waals surface area contributed by atoms with Gasteiger partial charge in [0.1, 0.15) is 11.5 Å². The summed E-state index contributed by atoms with van der Waals surface area (Å²) in [6.07, 6.45) is 2.70. The van der Waals surface area contributed by atoms with Crippen LogP contribution in [0.25, 0.3) is 0 Å². The lowest BCUT2D eigenvalue weighted by atomic mass is 10.2. The van der Waals surface area contributed by atoms with E-state index in [1.807, 2.05) is 19.1 Å². The largest absolute Gasteiger partial charge is 0.495 e. The summed E-state index contributed by atoms with van der Waals surface area (Å²) in [7, 11) is -2.18. The molecule has 2 aromatic rings. The highest BCUT2D eigenvalue weighted by atomic mass is 32.2. The third-order valence-corrected chi connectivity index (χ3v) is 6.41. The van der Waals surface area contributed by atoms with Gasteiger partial charge in [-0.25, -0.2) is 13.2 Å². The van der Waals surface area contributed by atoms with Crippen molar-refractivity contribution in [1.29, 1.82) is 0 Å². The molecule has 0 spiro atoms. The first-order chi connectivity index (χ1) is 13.3. The minimum atomic E-state index is -3.70. The lowest BCUT2D eigenvalue weighted by Crippen LogP contribution is -2.35. The molecule has 8 nitrogen and oxygen atoms in total. The quantitative estimate of drug-likeness (QED) is 0.787. The van der Waals surface area contributed by atoms with Gasteiger partial charge in [-0.05, 0) is 44.4 Å². The van der Waals surface area contributed by atoms with E-state index in [1.54, 1.807) is 13.0 Å². The van der Waals surface area contributed by atoms with Crippen molar-refractivity contribution in [2.45, 2.75) is 38.2 Å². The highest BCUT2D eigenvalue weighted by molar-refractivity contribution is 7.89. The first-order valence-corrected chi connectivity index (χ1v) is 10.6. The molecule has 2 N–H and O–H groups in total. The molecule has 0 bridgehead atoms. The second-order valence-electron chi connectivity index (χ2n) is 6.78. The van der Waals surface area contributed by atoms with Gasteiger partial charge in [-0.15, -0.1) is 0 Å². The minimum absolute atomic E-state index is 0.157. The number of aryl methyl sites for hydroxylation is 2. The van der Waals surface area contributed by atoms with Crippen LogP contribution in [0, 0.1) is 13.8 Å². The summed E-state index contributed by atoms with van der Waals surface area (Å²) in [6.45, 7) is 4.50.